The Bertz CT molecular complexity index is 1310. The molecule has 2 unspecified atom stereocenters. The van der Waals surface area contributed by atoms with Gasteiger partial charge in [0.2, 0.25) is 0 Å². The predicted molar refractivity (Wildman–Crippen MR) is 128 cm³/mol. The molecule has 0 saturated carbocycles. The lowest BCUT2D eigenvalue weighted by Gasteiger charge is -2.20. The van der Waals surface area contributed by atoms with Crippen LogP contribution in [0, 0.1) is 18.3 Å². The fourth-order valence-electron chi connectivity index (χ4n) is 3.15. The van der Waals surface area contributed by atoms with E-state index in [1.54, 1.807) is 25.1 Å². The Morgan fingerprint density at radius 2 is 1.60 bits per heavy atom. The summed E-state index contributed by atoms with van der Waals surface area (Å²) in [6.45, 7) is 3.24. The highest BCUT2D eigenvalue weighted by Gasteiger charge is 2.31. The maximum atomic E-state index is 13.0. The van der Waals surface area contributed by atoms with E-state index in [1.165, 1.54) is 25.1 Å². The van der Waals surface area contributed by atoms with Crippen LogP contribution in [-0.4, -0.2) is 11.9 Å². The third kappa shape index (κ3) is 6.40. The van der Waals surface area contributed by atoms with E-state index < -0.39 is 29.5 Å². The molecule has 0 aliphatic heterocycles. The van der Waals surface area contributed by atoms with E-state index in [-0.39, 0.29) is 32.3 Å². The van der Waals surface area contributed by atoms with Crippen molar-refractivity contribution in [1.29, 1.82) is 5.26 Å². The van der Waals surface area contributed by atoms with Crippen LogP contribution in [0.25, 0.3) is 0 Å². The van der Waals surface area contributed by atoms with Gasteiger partial charge in [-0.15, -0.1) is 0 Å². The van der Waals surface area contributed by atoms with Crippen molar-refractivity contribution >= 4 is 40.6 Å². The highest BCUT2D eigenvalue weighted by Crippen LogP contribution is 2.39. The molecule has 2 atom stereocenters. The first-order valence-corrected chi connectivity index (χ1v) is 11.2. The van der Waals surface area contributed by atoms with E-state index in [9.17, 15) is 23.2 Å². The van der Waals surface area contributed by atoms with Crippen LogP contribution in [0.5, 0.6) is 17.2 Å². The number of hydrogen-bond donors (Lipinski definition) is 0. The van der Waals surface area contributed by atoms with E-state index in [0.29, 0.717) is 5.56 Å². The minimum atomic E-state index is -4.55. The molecule has 0 bridgehead atoms. The minimum Gasteiger partial charge on any atom is -0.479 e. The molecule has 3 aromatic carbocycles. The first-order valence-electron chi connectivity index (χ1n) is 10.1. The number of hydrogen-bond acceptors (Lipinski definition) is 4. The van der Waals surface area contributed by atoms with E-state index >= 15 is 0 Å². The summed E-state index contributed by atoms with van der Waals surface area (Å²) >= 11 is 17.9. The summed E-state index contributed by atoms with van der Waals surface area (Å²) in [4.78, 5) is 13.0. The fourth-order valence-corrected chi connectivity index (χ4v) is 3.67. The van der Waals surface area contributed by atoms with E-state index in [0.717, 1.165) is 23.8 Å². The summed E-state index contributed by atoms with van der Waals surface area (Å²) in [5.41, 5.74) is 0.207. The Hall–Kier alpha value is -2.92. The predicted octanol–water partition coefficient (Wildman–Crippen LogP) is 8.41. The number of benzene rings is 3. The van der Waals surface area contributed by atoms with Gasteiger partial charge < -0.3 is 9.47 Å². The standard InChI is InChI=1S/C25H17Cl3F3NO3/c1-13-3-7-22(23(9-13)35-21-8-5-16(11-20(21)28)25(29,30)31)34-14(2)24(33)17(12-32)15-4-6-18(26)19(27)10-15/h3-11,14,17H,1-2H3. The Labute approximate surface area is 214 Å². The van der Waals surface area contributed by atoms with Gasteiger partial charge in [0.15, 0.2) is 23.4 Å². The SMILES string of the molecule is Cc1ccc(OC(C)C(=O)C(C#N)c2ccc(Cl)c(Cl)c2)c(Oc2ccc(C(F)(F)F)cc2Cl)c1. The van der Waals surface area contributed by atoms with Crippen LogP contribution < -0.4 is 9.47 Å². The van der Waals surface area contributed by atoms with Crippen molar-refractivity contribution in [3.8, 4) is 23.3 Å². The molecule has 0 N–H and O–H groups in total. The number of Topliss-reactive ketones (excluding diaryl/α,β-unsaturated/α-hetero) is 1. The lowest BCUT2D eigenvalue weighted by molar-refractivity contribution is -0.137. The summed E-state index contributed by atoms with van der Waals surface area (Å²) in [6, 6.07) is 13.9. The largest absolute Gasteiger partial charge is 0.479 e. The van der Waals surface area contributed by atoms with Crippen LogP contribution in [0.4, 0.5) is 13.2 Å². The van der Waals surface area contributed by atoms with Gasteiger partial charge in [-0.05, 0) is 67.4 Å². The molecule has 10 heteroatoms. The molecule has 0 aromatic heterocycles. The van der Waals surface area contributed by atoms with Crippen LogP contribution in [-0.2, 0) is 11.0 Å². The van der Waals surface area contributed by atoms with Crippen LogP contribution in [0.15, 0.2) is 54.6 Å². The lowest BCUT2D eigenvalue weighted by Crippen LogP contribution is -2.29. The number of carbonyl (C=O) groups is 1. The zero-order valence-corrected chi connectivity index (χ0v) is 20.6. The van der Waals surface area contributed by atoms with Crippen LogP contribution in [0.1, 0.15) is 29.5 Å². The lowest BCUT2D eigenvalue weighted by atomic mass is 9.93. The molecule has 182 valence electrons. The Kier molecular flexibility index (Phi) is 8.22. The van der Waals surface area contributed by atoms with Gasteiger partial charge in [-0.1, -0.05) is 46.9 Å². The first kappa shape index (κ1) is 26.7. The number of rotatable bonds is 7. The number of nitriles is 1. The third-order valence-corrected chi connectivity index (χ3v) is 6.01. The third-order valence-electron chi connectivity index (χ3n) is 4.97. The molecule has 4 nitrogen and oxygen atoms in total. The maximum Gasteiger partial charge on any atom is 0.416 e. The van der Waals surface area contributed by atoms with Gasteiger partial charge in [-0.25, -0.2) is 0 Å². The van der Waals surface area contributed by atoms with Gasteiger partial charge in [0, 0.05) is 0 Å². The van der Waals surface area contributed by atoms with Gasteiger partial charge >= 0.3 is 6.18 Å². The van der Waals surface area contributed by atoms with E-state index in [2.05, 4.69) is 0 Å². The number of nitrogens with zero attached hydrogens (tertiary/aromatic N) is 1. The maximum absolute atomic E-state index is 13.0. The molecule has 0 aliphatic carbocycles. The van der Waals surface area contributed by atoms with Crippen molar-refractivity contribution < 1.29 is 27.4 Å². The second-order valence-electron chi connectivity index (χ2n) is 7.59. The zero-order valence-electron chi connectivity index (χ0n) is 18.3. The Balaban J connectivity index is 1.85. The number of alkyl halides is 3. The van der Waals surface area contributed by atoms with Gasteiger partial charge in [0.1, 0.15) is 11.7 Å². The van der Waals surface area contributed by atoms with E-state index in [1.807, 2.05) is 6.07 Å². The van der Waals surface area contributed by atoms with Gasteiger partial charge in [-0.2, -0.15) is 18.4 Å². The molecule has 0 aliphatic rings. The van der Waals surface area contributed by atoms with Crippen molar-refractivity contribution in [2.24, 2.45) is 0 Å². The molecule has 0 fully saturated rings. The summed E-state index contributed by atoms with van der Waals surface area (Å²) in [5.74, 6) is -1.46. The second-order valence-corrected chi connectivity index (χ2v) is 8.81. The minimum absolute atomic E-state index is 0.0280. The highest BCUT2D eigenvalue weighted by atomic mass is 35.5. The van der Waals surface area contributed by atoms with Crippen LogP contribution in [0.2, 0.25) is 15.1 Å². The van der Waals surface area contributed by atoms with Crippen molar-refractivity contribution in [2.45, 2.75) is 32.0 Å². The second kappa shape index (κ2) is 10.8. The van der Waals surface area contributed by atoms with Gasteiger partial charge in [-0.3, -0.25) is 4.79 Å². The zero-order chi connectivity index (χ0) is 25.9. The summed E-state index contributed by atoms with van der Waals surface area (Å²) < 4.78 is 50.3. The van der Waals surface area contributed by atoms with Crippen molar-refractivity contribution in [3.63, 3.8) is 0 Å². The molecule has 0 heterocycles. The molecule has 0 spiro atoms. The molecule has 3 rings (SSSR count). The number of aryl methyl sites for hydroxylation is 1. The average molecular weight is 543 g/mol. The van der Waals surface area contributed by atoms with Crippen molar-refractivity contribution in [1.82, 2.24) is 0 Å². The average Bonchev–Trinajstić information content (AvgIpc) is 2.79. The monoisotopic (exact) mass is 541 g/mol. The Morgan fingerprint density at radius 1 is 0.914 bits per heavy atom. The smallest absolute Gasteiger partial charge is 0.416 e. The van der Waals surface area contributed by atoms with E-state index in [4.69, 9.17) is 44.3 Å². The van der Waals surface area contributed by atoms with Crippen LogP contribution in [0.3, 0.4) is 0 Å². The molecule has 3 aromatic rings. The molecule has 0 amide bonds. The van der Waals surface area contributed by atoms with Crippen molar-refractivity contribution in [2.75, 3.05) is 0 Å². The van der Waals surface area contributed by atoms with Gasteiger partial charge in [0.05, 0.1) is 26.7 Å². The molecular weight excluding hydrogens is 526 g/mol. The topological polar surface area (TPSA) is 59.3 Å². The highest BCUT2D eigenvalue weighted by molar-refractivity contribution is 6.42. The van der Waals surface area contributed by atoms with Crippen molar-refractivity contribution in [3.05, 3.63) is 86.4 Å². The number of halogens is 6. The van der Waals surface area contributed by atoms with Gasteiger partial charge in [0.25, 0.3) is 0 Å². The number of ketones is 1. The number of ether oxygens (including phenoxy) is 2. The summed E-state index contributed by atoms with van der Waals surface area (Å²) in [6.07, 6.45) is -5.64. The summed E-state index contributed by atoms with van der Waals surface area (Å²) in [7, 11) is 0. The summed E-state index contributed by atoms with van der Waals surface area (Å²) in [5, 5.41) is 9.84. The normalized spacial score (nSPS) is 13.0. The molecular formula is C25H17Cl3F3NO3. The van der Waals surface area contributed by atoms with Crippen LogP contribution >= 0.6 is 34.8 Å². The molecule has 35 heavy (non-hydrogen) atoms. The Morgan fingerprint density at radius 3 is 2.20 bits per heavy atom. The quantitative estimate of drug-likeness (QED) is 0.301. The first-order chi connectivity index (χ1) is 16.4. The fraction of sp³-hybridized carbons (Fsp3) is 0.200. The number of carbonyl (C=O) groups excluding carboxylic acids is 1. The molecule has 0 saturated heterocycles. The molecule has 0 radical (unpaired) electrons.